The van der Waals surface area contributed by atoms with Crippen LogP contribution in [-0.4, -0.2) is 59.3 Å². The number of likely N-dealkylation sites (tertiary alicyclic amines) is 1. The van der Waals surface area contributed by atoms with Crippen LogP contribution in [0.1, 0.15) is 18.4 Å². The van der Waals surface area contributed by atoms with E-state index < -0.39 is 38.6 Å². The molecule has 17 heteroatoms. The lowest BCUT2D eigenvalue weighted by Gasteiger charge is -2.31. The topological polar surface area (TPSA) is 154 Å². The van der Waals surface area contributed by atoms with E-state index in [9.17, 15) is 31.6 Å². The number of hydrogen-bond acceptors (Lipinski definition) is 11. The van der Waals surface area contributed by atoms with Gasteiger partial charge in [0.1, 0.15) is 11.9 Å². The van der Waals surface area contributed by atoms with Gasteiger partial charge in [0.25, 0.3) is 9.84 Å². The summed E-state index contributed by atoms with van der Waals surface area (Å²) in [7, 11) is -4.26. The molecule has 1 fully saturated rings. The summed E-state index contributed by atoms with van der Waals surface area (Å²) in [6.07, 6.45) is -4.28. The maximum atomic E-state index is 13.1. The molecule has 244 valence electrons. The number of aromatic nitrogens is 4. The number of hydrogen-bond donors (Lipinski definition) is 1. The second-order valence-electron chi connectivity index (χ2n) is 10.4. The molecule has 2 aromatic heterocycles. The molecule has 1 N–H and O–H groups in total. The zero-order valence-electron chi connectivity index (χ0n) is 24.3. The van der Waals surface area contributed by atoms with Crippen LogP contribution in [0.2, 0.25) is 0 Å². The monoisotopic (exact) mass is 686 g/mol. The molecule has 1 aliphatic rings. The Labute approximate surface area is 270 Å². The summed E-state index contributed by atoms with van der Waals surface area (Å²) in [5.41, 5.74) is 0.223. The number of nitrogens with zero attached hydrogens (tertiary/aromatic N) is 5. The highest BCUT2D eigenvalue weighted by atomic mass is 32.2. The highest BCUT2D eigenvalue weighted by molar-refractivity contribution is 7.99. The van der Waals surface area contributed by atoms with Crippen LogP contribution in [0.5, 0.6) is 5.88 Å². The first kappa shape index (κ1) is 32.1. The van der Waals surface area contributed by atoms with Crippen molar-refractivity contribution in [2.75, 3.05) is 24.2 Å². The first-order valence-corrected chi connectivity index (χ1v) is 16.6. The van der Waals surface area contributed by atoms with E-state index in [1.165, 1.54) is 36.4 Å². The van der Waals surface area contributed by atoms with Crippen LogP contribution in [0.4, 0.5) is 24.7 Å². The number of sulfone groups is 1. The molecule has 0 saturated carbocycles. The van der Waals surface area contributed by atoms with Gasteiger partial charge in [-0.1, -0.05) is 42.1 Å². The van der Waals surface area contributed by atoms with Crippen LogP contribution in [0.25, 0.3) is 10.9 Å². The van der Waals surface area contributed by atoms with Crippen LogP contribution in [0.3, 0.4) is 0 Å². The summed E-state index contributed by atoms with van der Waals surface area (Å²) < 4.78 is 75.3. The van der Waals surface area contributed by atoms with E-state index in [0.29, 0.717) is 53.5 Å². The zero-order valence-corrected chi connectivity index (χ0v) is 25.9. The minimum absolute atomic E-state index is 0.0164. The van der Waals surface area contributed by atoms with Crippen LogP contribution < -0.4 is 15.0 Å². The Morgan fingerprint density at radius 2 is 1.70 bits per heavy atom. The summed E-state index contributed by atoms with van der Waals surface area (Å²) in [4.78, 5) is 23.5. The molecule has 3 heterocycles. The summed E-state index contributed by atoms with van der Waals surface area (Å²) in [6.45, 7) is 0.610. The Kier molecular flexibility index (Phi) is 8.92. The average molecular weight is 687 g/mol. The van der Waals surface area contributed by atoms with Gasteiger partial charge < -0.3 is 20.2 Å². The van der Waals surface area contributed by atoms with Crippen molar-refractivity contribution in [3.8, 4) is 5.88 Å². The lowest BCUT2D eigenvalue weighted by molar-refractivity contribution is -0.832. The number of carbonyl (C=O) groups is 1. The number of para-hydroxylation sites is 1. The summed E-state index contributed by atoms with van der Waals surface area (Å²) in [6, 6.07) is 19.1. The molecule has 0 spiro atoms. The quantitative estimate of drug-likeness (QED) is 0.126. The molecule has 1 saturated heterocycles. The Hall–Kier alpha value is -4.90. The standard InChI is InChI=1S/C30H25F3N6O6S2/c31-30(32,33)19-10-12-20(13-11-19)34-26-23-8-4-5-9-24(23)35-29(36-26)46-18-25(40)38-16-14-21(15-17-38)44-27-28(39(41)45-37-27)47(42,43)22-6-2-1-3-7-22/h1-13,21H,14-18H2,(H,34,35,36). The van der Waals surface area contributed by atoms with Gasteiger partial charge in [0.15, 0.2) is 5.16 Å². The van der Waals surface area contributed by atoms with E-state index in [1.807, 2.05) is 0 Å². The number of carbonyl (C=O) groups excluding carboxylic acids is 1. The lowest BCUT2D eigenvalue weighted by atomic mass is 10.1. The lowest BCUT2D eigenvalue weighted by Crippen LogP contribution is -2.42. The Balaban J connectivity index is 1.08. The minimum Gasteiger partial charge on any atom is -0.451 e. The van der Waals surface area contributed by atoms with Gasteiger partial charge in [0.2, 0.25) is 5.91 Å². The highest BCUT2D eigenvalue weighted by Crippen LogP contribution is 2.32. The molecule has 1 aliphatic heterocycles. The molecule has 0 aliphatic carbocycles. The van der Waals surface area contributed by atoms with Crippen LogP contribution in [0, 0.1) is 5.21 Å². The molecule has 0 radical (unpaired) electrons. The first-order valence-electron chi connectivity index (χ1n) is 14.2. The van der Waals surface area contributed by atoms with E-state index in [1.54, 1.807) is 35.2 Å². The van der Waals surface area contributed by atoms with Crippen molar-refractivity contribution in [2.45, 2.75) is 40.2 Å². The van der Waals surface area contributed by atoms with Gasteiger partial charge in [-0.2, -0.15) is 13.2 Å². The van der Waals surface area contributed by atoms with Gasteiger partial charge in [-0.05, 0) is 53.4 Å². The SMILES string of the molecule is O=C(CSc1nc(Nc2ccc(C(F)(F)F)cc2)c2ccccc2n1)N1CCC(Oc2no[n+]([O-])c2S(=O)(=O)c2ccccc2)CC1. The number of anilines is 2. The third kappa shape index (κ3) is 7.10. The van der Waals surface area contributed by atoms with E-state index >= 15 is 0 Å². The van der Waals surface area contributed by atoms with Crippen molar-refractivity contribution >= 4 is 49.9 Å². The average Bonchev–Trinajstić information content (AvgIpc) is 3.44. The molecular formula is C30H25F3N6O6S2. The van der Waals surface area contributed by atoms with Crippen molar-refractivity contribution in [3.63, 3.8) is 0 Å². The number of nitrogens with one attached hydrogen (secondary N) is 1. The zero-order chi connectivity index (χ0) is 33.2. The van der Waals surface area contributed by atoms with Crippen molar-refractivity contribution in [1.82, 2.24) is 20.0 Å². The number of rotatable bonds is 9. The van der Waals surface area contributed by atoms with E-state index in [-0.39, 0.29) is 21.5 Å². The fourth-order valence-corrected chi connectivity index (χ4v) is 6.95. The van der Waals surface area contributed by atoms with E-state index in [2.05, 4.69) is 25.1 Å². The summed E-state index contributed by atoms with van der Waals surface area (Å²) in [5, 5.41) is 19.0. The molecule has 5 aromatic rings. The predicted molar refractivity (Wildman–Crippen MR) is 163 cm³/mol. The fraction of sp³-hybridized carbons (Fsp3) is 0.233. The number of piperidine rings is 1. The highest BCUT2D eigenvalue weighted by Gasteiger charge is 2.38. The van der Waals surface area contributed by atoms with Gasteiger partial charge in [-0.3, -0.25) is 9.42 Å². The third-order valence-corrected chi connectivity index (χ3v) is 9.87. The number of halogens is 3. The minimum atomic E-state index is -4.45. The second kappa shape index (κ2) is 13.1. The normalized spacial score (nSPS) is 14.3. The van der Waals surface area contributed by atoms with Crippen molar-refractivity contribution in [1.29, 1.82) is 0 Å². The van der Waals surface area contributed by atoms with Crippen LogP contribution >= 0.6 is 11.8 Å². The van der Waals surface area contributed by atoms with Gasteiger partial charge in [-0.25, -0.2) is 18.4 Å². The summed E-state index contributed by atoms with van der Waals surface area (Å²) in [5.74, 6) is -0.237. The number of thioether (sulfide) groups is 1. The Bertz CT molecular complexity index is 2000. The number of ether oxygens (including phenoxy) is 1. The fourth-order valence-electron chi connectivity index (χ4n) is 4.92. The van der Waals surface area contributed by atoms with Crippen molar-refractivity contribution < 1.29 is 40.7 Å². The van der Waals surface area contributed by atoms with Gasteiger partial charge in [-0.15, -0.1) is 0 Å². The molecule has 6 rings (SSSR count). The molecule has 12 nitrogen and oxygen atoms in total. The molecular weight excluding hydrogens is 661 g/mol. The number of alkyl halides is 3. The Morgan fingerprint density at radius 3 is 2.40 bits per heavy atom. The predicted octanol–water partition coefficient (Wildman–Crippen LogP) is 5.01. The maximum Gasteiger partial charge on any atom is 0.416 e. The third-order valence-electron chi connectivity index (χ3n) is 7.31. The number of amides is 1. The van der Waals surface area contributed by atoms with E-state index in [4.69, 9.17) is 4.74 Å². The van der Waals surface area contributed by atoms with Crippen LogP contribution in [0.15, 0.2) is 98.6 Å². The van der Waals surface area contributed by atoms with Crippen molar-refractivity contribution in [3.05, 3.63) is 89.6 Å². The smallest absolute Gasteiger partial charge is 0.416 e. The van der Waals surface area contributed by atoms with Gasteiger partial charge in [0, 0.05) is 37.0 Å². The largest absolute Gasteiger partial charge is 0.451 e. The summed E-state index contributed by atoms with van der Waals surface area (Å²) >= 11 is 1.12. The van der Waals surface area contributed by atoms with E-state index in [0.717, 1.165) is 23.9 Å². The molecule has 47 heavy (non-hydrogen) atoms. The van der Waals surface area contributed by atoms with Gasteiger partial charge in [0.05, 0.1) is 26.9 Å². The Morgan fingerprint density at radius 1 is 1.02 bits per heavy atom. The number of fused-ring (bicyclic) bond motifs is 1. The first-order chi connectivity index (χ1) is 22.5. The van der Waals surface area contributed by atoms with Crippen molar-refractivity contribution in [2.24, 2.45) is 0 Å². The van der Waals surface area contributed by atoms with Gasteiger partial charge >= 0.3 is 17.1 Å². The van der Waals surface area contributed by atoms with Crippen LogP contribution in [-0.2, 0) is 20.8 Å². The molecule has 1 amide bonds. The molecule has 0 unspecified atom stereocenters. The maximum absolute atomic E-state index is 13.1. The molecule has 0 atom stereocenters. The molecule has 0 bridgehead atoms. The number of benzene rings is 3. The molecule has 3 aromatic carbocycles. The second-order valence-corrected chi connectivity index (χ2v) is 13.2.